The molecule has 0 bridgehead atoms. The Kier molecular flexibility index (Phi) is 4.06. The quantitative estimate of drug-likeness (QED) is 0.772. The Labute approximate surface area is 100 Å². The molecule has 0 unspecified atom stereocenters. The Morgan fingerprint density at radius 1 is 1.35 bits per heavy atom. The normalized spacial score (nSPS) is 12.8. The fraction of sp³-hybridized carbons (Fsp3) is 0.500. The van der Waals surface area contributed by atoms with Crippen molar-refractivity contribution in [2.45, 2.75) is 13.5 Å². The summed E-state index contributed by atoms with van der Waals surface area (Å²) in [5.41, 5.74) is 1.00. The van der Waals surface area contributed by atoms with Crippen LogP contribution in [0.5, 0.6) is 17.2 Å². The first-order valence-electron chi connectivity index (χ1n) is 5.72. The van der Waals surface area contributed by atoms with Crippen molar-refractivity contribution in [2.75, 3.05) is 26.6 Å². The molecular formula is C12H17NO4. The van der Waals surface area contributed by atoms with Gasteiger partial charge >= 0.3 is 0 Å². The zero-order chi connectivity index (χ0) is 12.1. The van der Waals surface area contributed by atoms with Crippen LogP contribution in [0.3, 0.4) is 0 Å². The van der Waals surface area contributed by atoms with Gasteiger partial charge in [-0.15, -0.1) is 0 Å². The van der Waals surface area contributed by atoms with Gasteiger partial charge in [0, 0.05) is 18.2 Å². The summed E-state index contributed by atoms with van der Waals surface area (Å²) in [5.74, 6) is 2.16. The Bertz CT molecular complexity index is 346. The minimum absolute atomic E-state index is 0.00487. The molecule has 1 aliphatic rings. The van der Waals surface area contributed by atoms with Crippen molar-refractivity contribution in [3.63, 3.8) is 0 Å². The van der Waals surface area contributed by atoms with E-state index in [2.05, 4.69) is 5.32 Å². The van der Waals surface area contributed by atoms with Crippen LogP contribution < -0.4 is 19.5 Å². The third kappa shape index (κ3) is 2.81. The molecule has 0 radical (unpaired) electrons. The number of hydrogen-bond acceptors (Lipinski definition) is 5. The second-order valence-corrected chi connectivity index (χ2v) is 3.67. The maximum absolute atomic E-state index is 8.79. The van der Waals surface area contributed by atoms with Gasteiger partial charge < -0.3 is 24.6 Å². The summed E-state index contributed by atoms with van der Waals surface area (Å²) in [4.78, 5) is 0. The molecule has 1 aliphatic heterocycles. The molecule has 2 rings (SSSR count). The van der Waals surface area contributed by atoms with Gasteiger partial charge in [0.1, 0.15) is 12.4 Å². The lowest BCUT2D eigenvalue weighted by Gasteiger charge is -2.12. The molecule has 0 aromatic heterocycles. The second-order valence-electron chi connectivity index (χ2n) is 3.67. The molecule has 0 saturated carbocycles. The molecule has 2 N–H and O–H groups in total. The highest BCUT2D eigenvalue weighted by Crippen LogP contribution is 2.38. The van der Waals surface area contributed by atoms with Crippen LogP contribution in [0.2, 0.25) is 0 Å². The van der Waals surface area contributed by atoms with E-state index < -0.39 is 0 Å². The van der Waals surface area contributed by atoms with Crippen LogP contribution in [-0.4, -0.2) is 31.7 Å². The van der Waals surface area contributed by atoms with Gasteiger partial charge in [-0.1, -0.05) is 6.92 Å². The van der Waals surface area contributed by atoms with E-state index in [4.69, 9.17) is 19.3 Å². The number of aliphatic hydroxyl groups excluding tert-OH is 1. The predicted molar refractivity (Wildman–Crippen MR) is 62.5 cm³/mol. The predicted octanol–water partition coefficient (Wildman–Crippen LogP) is 0.896. The number of fused-ring (bicyclic) bond motifs is 1. The average molecular weight is 239 g/mol. The van der Waals surface area contributed by atoms with Gasteiger partial charge in [-0.25, -0.2) is 0 Å². The summed E-state index contributed by atoms with van der Waals surface area (Å²) in [7, 11) is 0. The maximum atomic E-state index is 8.79. The number of nitrogens with one attached hydrogen (secondary N) is 1. The molecule has 0 aliphatic carbocycles. The van der Waals surface area contributed by atoms with Crippen molar-refractivity contribution in [3.05, 3.63) is 17.7 Å². The van der Waals surface area contributed by atoms with Gasteiger partial charge in [-0.3, -0.25) is 0 Å². The Hall–Kier alpha value is -1.46. The SMILES string of the molecule is CCNCc1cc2c(cc1OCCO)OCO2. The van der Waals surface area contributed by atoms with Crippen molar-refractivity contribution in [3.8, 4) is 17.2 Å². The van der Waals surface area contributed by atoms with Crippen molar-refractivity contribution in [1.29, 1.82) is 0 Å². The largest absolute Gasteiger partial charge is 0.491 e. The maximum Gasteiger partial charge on any atom is 0.231 e. The first kappa shape index (κ1) is 12.0. The molecule has 0 fully saturated rings. The monoisotopic (exact) mass is 239 g/mol. The van der Waals surface area contributed by atoms with E-state index in [0.29, 0.717) is 12.3 Å². The molecule has 0 spiro atoms. The molecular weight excluding hydrogens is 222 g/mol. The number of aliphatic hydroxyl groups is 1. The Morgan fingerprint density at radius 3 is 2.82 bits per heavy atom. The molecule has 0 atom stereocenters. The number of rotatable bonds is 6. The summed E-state index contributed by atoms with van der Waals surface area (Å²) >= 11 is 0. The van der Waals surface area contributed by atoms with Crippen molar-refractivity contribution in [2.24, 2.45) is 0 Å². The molecule has 5 nitrogen and oxygen atoms in total. The minimum Gasteiger partial charge on any atom is -0.491 e. The molecule has 1 heterocycles. The number of ether oxygens (including phenoxy) is 3. The fourth-order valence-corrected chi connectivity index (χ4v) is 1.65. The summed E-state index contributed by atoms with van der Waals surface area (Å²) in [6.45, 7) is 4.15. The lowest BCUT2D eigenvalue weighted by atomic mass is 10.1. The summed E-state index contributed by atoms with van der Waals surface area (Å²) < 4.78 is 16.1. The first-order valence-corrected chi connectivity index (χ1v) is 5.72. The highest BCUT2D eigenvalue weighted by molar-refractivity contribution is 5.51. The average Bonchev–Trinajstić information content (AvgIpc) is 2.80. The van der Waals surface area contributed by atoms with E-state index in [1.807, 2.05) is 19.1 Å². The standard InChI is InChI=1S/C12H17NO4/c1-2-13-7-9-5-11-12(17-8-16-11)6-10(9)15-4-3-14/h5-6,13-14H,2-4,7-8H2,1H3. The third-order valence-electron chi connectivity index (χ3n) is 2.47. The Morgan fingerprint density at radius 2 is 2.12 bits per heavy atom. The van der Waals surface area contributed by atoms with E-state index in [0.717, 1.165) is 23.6 Å². The minimum atomic E-state index is -0.00487. The molecule has 94 valence electrons. The highest BCUT2D eigenvalue weighted by atomic mass is 16.7. The van der Waals surface area contributed by atoms with E-state index in [-0.39, 0.29) is 20.0 Å². The molecule has 0 saturated heterocycles. The van der Waals surface area contributed by atoms with Gasteiger partial charge in [-0.05, 0) is 12.6 Å². The van der Waals surface area contributed by atoms with Crippen LogP contribution >= 0.6 is 0 Å². The first-order chi connectivity index (χ1) is 8.35. The van der Waals surface area contributed by atoms with E-state index in [1.165, 1.54) is 0 Å². The van der Waals surface area contributed by atoms with Crippen molar-refractivity contribution < 1.29 is 19.3 Å². The Balaban J connectivity index is 2.19. The number of benzene rings is 1. The number of hydrogen-bond donors (Lipinski definition) is 2. The van der Waals surface area contributed by atoms with E-state index in [1.54, 1.807) is 0 Å². The van der Waals surface area contributed by atoms with Crippen molar-refractivity contribution >= 4 is 0 Å². The van der Waals surface area contributed by atoms with Crippen molar-refractivity contribution in [1.82, 2.24) is 5.32 Å². The second kappa shape index (κ2) is 5.75. The third-order valence-corrected chi connectivity index (χ3v) is 2.47. The molecule has 5 heteroatoms. The zero-order valence-corrected chi connectivity index (χ0v) is 9.86. The molecule has 0 amide bonds. The van der Waals surface area contributed by atoms with Crippen LogP contribution in [0.1, 0.15) is 12.5 Å². The van der Waals surface area contributed by atoms with Crippen LogP contribution in [0.4, 0.5) is 0 Å². The molecule has 17 heavy (non-hydrogen) atoms. The summed E-state index contributed by atoms with van der Waals surface area (Å²) in [6.07, 6.45) is 0. The van der Waals surface area contributed by atoms with Gasteiger partial charge in [0.15, 0.2) is 11.5 Å². The highest BCUT2D eigenvalue weighted by Gasteiger charge is 2.17. The van der Waals surface area contributed by atoms with Crippen LogP contribution in [0.15, 0.2) is 12.1 Å². The van der Waals surface area contributed by atoms with Crippen LogP contribution in [0.25, 0.3) is 0 Å². The van der Waals surface area contributed by atoms with Gasteiger partial charge in [0.05, 0.1) is 6.61 Å². The fourth-order valence-electron chi connectivity index (χ4n) is 1.65. The van der Waals surface area contributed by atoms with Gasteiger partial charge in [0.25, 0.3) is 0 Å². The van der Waals surface area contributed by atoms with Gasteiger partial charge in [-0.2, -0.15) is 0 Å². The molecule has 1 aromatic rings. The van der Waals surface area contributed by atoms with E-state index >= 15 is 0 Å². The van der Waals surface area contributed by atoms with Gasteiger partial charge in [0.2, 0.25) is 6.79 Å². The smallest absolute Gasteiger partial charge is 0.231 e. The van der Waals surface area contributed by atoms with E-state index in [9.17, 15) is 0 Å². The lowest BCUT2D eigenvalue weighted by molar-refractivity contribution is 0.173. The zero-order valence-electron chi connectivity index (χ0n) is 9.86. The summed E-state index contributed by atoms with van der Waals surface area (Å²) in [5, 5.41) is 12.0. The van der Waals surface area contributed by atoms with Crippen LogP contribution in [0, 0.1) is 0 Å². The lowest BCUT2D eigenvalue weighted by Crippen LogP contribution is -2.13. The molecule has 1 aromatic carbocycles. The topological polar surface area (TPSA) is 60.0 Å². The van der Waals surface area contributed by atoms with Crippen LogP contribution in [-0.2, 0) is 6.54 Å². The summed E-state index contributed by atoms with van der Waals surface area (Å²) in [6, 6.07) is 3.72.